The highest BCUT2D eigenvalue weighted by Gasteiger charge is 2.11. The lowest BCUT2D eigenvalue weighted by Gasteiger charge is -2.10. The van der Waals surface area contributed by atoms with Crippen LogP contribution in [0.4, 0.5) is 0 Å². The van der Waals surface area contributed by atoms with E-state index in [1.807, 2.05) is 0 Å². The maximum atomic E-state index is 11.4. The fourth-order valence-electron chi connectivity index (χ4n) is 1.87. The molecule has 3 nitrogen and oxygen atoms in total. The van der Waals surface area contributed by atoms with Crippen LogP contribution in [0.1, 0.15) is 78.1 Å². The van der Waals surface area contributed by atoms with E-state index in [1.165, 1.54) is 25.7 Å². The molecule has 0 fully saturated rings. The Hall–Kier alpha value is -0.570. The predicted octanol–water partition coefficient (Wildman–Crippen LogP) is 3.83. The Morgan fingerprint density at radius 2 is 1.61 bits per heavy atom. The molecule has 1 unspecified atom stereocenters. The van der Waals surface area contributed by atoms with Gasteiger partial charge in [0.05, 0.1) is 19.1 Å². The zero-order valence-electron chi connectivity index (χ0n) is 12.1. The molecule has 0 heterocycles. The van der Waals surface area contributed by atoms with Gasteiger partial charge in [0.15, 0.2) is 0 Å². The maximum Gasteiger partial charge on any atom is 0.308 e. The largest absolute Gasteiger partial charge is 0.466 e. The van der Waals surface area contributed by atoms with Gasteiger partial charge in [-0.25, -0.2) is 0 Å². The van der Waals surface area contributed by atoms with Crippen LogP contribution >= 0.6 is 0 Å². The molecule has 0 spiro atoms. The molecule has 0 radical (unpaired) electrons. The Labute approximate surface area is 112 Å². The number of ether oxygens (including phenoxy) is 1. The summed E-state index contributed by atoms with van der Waals surface area (Å²) >= 11 is 0. The Morgan fingerprint density at radius 1 is 1.00 bits per heavy atom. The van der Waals surface area contributed by atoms with E-state index in [-0.39, 0.29) is 12.4 Å². The zero-order chi connectivity index (χ0) is 13.6. The van der Waals surface area contributed by atoms with E-state index >= 15 is 0 Å². The van der Waals surface area contributed by atoms with Gasteiger partial charge >= 0.3 is 5.97 Å². The number of rotatable bonds is 12. The van der Waals surface area contributed by atoms with Gasteiger partial charge in [-0.05, 0) is 12.8 Å². The first-order chi connectivity index (χ1) is 8.70. The average Bonchev–Trinajstić information content (AvgIpc) is 2.34. The van der Waals surface area contributed by atoms with Crippen molar-refractivity contribution in [3.63, 3.8) is 0 Å². The summed E-state index contributed by atoms with van der Waals surface area (Å²) in [6.07, 6.45) is 9.30. The molecule has 0 bridgehead atoms. The van der Waals surface area contributed by atoms with Crippen LogP contribution in [-0.2, 0) is 9.53 Å². The van der Waals surface area contributed by atoms with Crippen molar-refractivity contribution in [3.8, 4) is 0 Å². The third-order valence-electron chi connectivity index (χ3n) is 3.05. The van der Waals surface area contributed by atoms with Gasteiger partial charge in [0.25, 0.3) is 0 Å². The van der Waals surface area contributed by atoms with Crippen LogP contribution in [0, 0.1) is 0 Å². The molecule has 0 saturated heterocycles. The topological polar surface area (TPSA) is 46.5 Å². The fourth-order valence-corrected chi connectivity index (χ4v) is 1.87. The quantitative estimate of drug-likeness (QED) is 0.427. The maximum absolute atomic E-state index is 11.4. The molecule has 0 aliphatic rings. The minimum atomic E-state index is -0.523. The Kier molecular flexibility index (Phi) is 12.5. The van der Waals surface area contributed by atoms with Gasteiger partial charge < -0.3 is 9.84 Å². The summed E-state index contributed by atoms with van der Waals surface area (Å²) in [6, 6.07) is 0. The molecule has 0 saturated carbocycles. The smallest absolute Gasteiger partial charge is 0.308 e. The molecule has 108 valence electrons. The Bertz CT molecular complexity index is 192. The minimum Gasteiger partial charge on any atom is -0.466 e. The zero-order valence-corrected chi connectivity index (χ0v) is 12.1. The number of aliphatic hydroxyl groups is 1. The molecule has 0 aliphatic heterocycles. The second kappa shape index (κ2) is 12.9. The molecular weight excluding hydrogens is 228 g/mol. The van der Waals surface area contributed by atoms with Crippen molar-refractivity contribution in [3.05, 3.63) is 0 Å². The normalized spacial score (nSPS) is 12.4. The van der Waals surface area contributed by atoms with Crippen LogP contribution in [0.5, 0.6) is 0 Å². The van der Waals surface area contributed by atoms with Crippen molar-refractivity contribution in [1.29, 1.82) is 0 Å². The van der Waals surface area contributed by atoms with Gasteiger partial charge in [0.1, 0.15) is 0 Å². The molecule has 1 N–H and O–H groups in total. The standard InChI is InChI=1S/C15H30O3/c1-3-5-7-9-11-14(16)13-15(17)18-12-10-8-6-4-2/h14,16H,3-13H2,1-2H3. The average molecular weight is 258 g/mol. The predicted molar refractivity (Wildman–Crippen MR) is 74.5 cm³/mol. The van der Waals surface area contributed by atoms with E-state index in [4.69, 9.17) is 4.74 Å². The molecule has 0 amide bonds. The number of carbonyl (C=O) groups excluding carboxylic acids is 1. The van der Waals surface area contributed by atoms with Crippen molar-refractivity contribution in [2.45, 2.75) is 84.2 Å². The van der Waals surface area contributed by atoms with Gasteiger partial charge in [-0.3, -0.25) is 4.79 Å². The minimum absolute atomic E-state index is 0.153. The molecule has 0 aromatic rings. The van der Waals surface area contributed by atoms with Gasteiger partial charge in [0.2, 0.25) is 0 Å². The van der Waals surface area contributed by atoms with Crippen LogP contribution in [0.25, 0.3) is 0 Å². The summed E-state index contributed by atoms with van der Waals surface area (Å²) in [4.78, 5) is 11.4. The number of unbranched alkanes of at least 4 members (excludes halogenated alkanes) is 6. The van der Waals surface area contributed by atoms with Crippen molar-refractivity contribution in [2.24, 2.45) is 0 Å². The third kappa shape index (κ3) is 11.9. The van der Waals surface area contributed by atoms with Crippen LogP contribution in [0.3, 0.4) is 0 Å². The number of esters is 1. The van der Waals surface area contributed by atoms with Gasteiger partial charge in [0, 0.05) is 0 Å². The van der Waals surface area contributed by atoms with Crippen molar-refractivity contribution >= 4 is 5.97 Å². The summed E-state index contributed by atoms with van der Waals surface area (Å²) < 4.78 is 5.09. The van der Waals surface area contributed by atoms with Gasteiger partial charge in [-0.1, -0.05) is 58.8 Å². The van der Waals surface area contributed by atoms with Crippen molar-refractivity contribution < 1.29 is 14.6 Å². The van der Waals surface area contributed by atoms with E-state index in [1.54, 1.807) is 0 Å². The highest BCUT2D eigenvalue weighted by molar-refractivity contribution is 5.69. The van der Waals surface area contributed by atoms with Crippen LogP contribution in [-0.4, -0.2) is 23.8 Å². The number of hydrogen-bond donors (Lipinski definition) is 1. The molecular formula is C15H30O3. The summed E-state index contributed by atoms with van der Waals surface area (Å²) in [5, 5.41) is 9.66. The van der Waals surface area contributed by atoms with E-state index in [2.05, 4.69) is 13.8 Å². The Morgan fingerprint density at radius 3 is 2.22 bits per heavy atom. The molecule has 3 heteroatoms. The highest BCUT2D eigenvalue weighted by atomic mass is 16.5. The SMILES string of the molecule is CCCCCCOC(=O)CC(O)CCCCCC. The first kappa shape index (κ1) is 17.4. The molecule has 0 aromatic carbocycles. The molecule has 0 aromatic heterocycles. The fraction of sp³-hybridized carbons (Fsp3) is 0.933. The van der Waals surface area contributed by atoms with Crippen LogP contribution in [0.2, 0.25) is 0 Å². The summed E-state index contributed by atoms with van der Waals surface area (Å²) in [7, 11) is 0. The summed E-state index contributed by atoms with van der Waals surface area (Å²) in [5.74, 6) is -0.255. The van der Waals surface area contributed by atoms with Crippen LogP contribution < -0.4 is 0 Å². The summed E-state index contributed by atoms with van der Waals surface area (Å²) in [6.45, 7) is 4.81. The molecule has 0 rings (SSSR count). The second-order valence-electron chi connectivity index (χ2n) is 4.99. The molecule has 0 aliphatic carbocycles. The van der Waals surface area contributed by atoms with Gasteiger partial charge in [-0.15, -0.1) is 0 Å². The van der Waals surface area contributed by atoms with E-state index in [9.17, 15) is 9.90 Å². The lowest BCUT2D eigenvalue weighted by atomic mass is 10.1. The van der Waals surface area contributed by atoms with Gasteiger partial charge in [-0.2, -0.15) is 0 Å². The monoisotopic (exact) mass is 258 g/mol. The van der Waals surface area contributed by atoms with E-state index < -0.39 is 6.10 Å². The summed E-state index contributed by atoms with van der Waals surface area (Å²) in [5.41, 5.74) is 0. The first-order valence-corrected chi connectivity index (χ1v) is 7.54. The van der Waals surface area contributed by atoms with Crippen LogP contribution in [0.15, 0.2) is 0 Å². The first-order valence-electron chi connectivity index (χ1n) is 7.54. The van der Waals surface area contributed by atoms with E-state index in [0.29, 0.717) is 13.0 Å². The number of aliphatic hydroxyl groups excluding tert-OH is 1. The third-order valence-corrected chi connectivity index (χ3v) is 3.05. The van der Waals surface area contributed by atoms with E-state index in [0.717, 1.165) is 25.7 Å². The molecule has 18 heavy (non-hydrogen) atoms. The highest BCUT2D eigenvalue weighted by Crippen LogP contribution is 2.09. The van der Waals surface area contributed by atoms with Crippen molar-refractivity contribution in [2.75, 3.05) is 6.61 Å². The molecule has 1 atom stereocenters. The number of hydrogen-bond acceptors (Lipinski definition) is 3. The lowest BCUT2D eigenvalue weighted by molar-refractivity contribution is -0.146. The number of carbonyl (C=O) groups is 1. The lowest BCUT2D eigenvalue weighted by Crippen LogP contribution is -2.16. The second-order valence-corrected chi connectivity index (χ2v) is 4.99. The Balaban J connectivity index is 3.37. The van der Waals surface area contributed by atoms with Crippen molar-refractivity contribution in [1.82, 2.24) is 0 Å².